The Balaban J connectivity index is 2.63. The Morgan fingerprint density at radius 2 is 2.12 bits per heavy atom. The third-order valence-corrected chi connectivity index (χ3v) is 3.94. The van der Waals surface area contributed by atoms with Gasteiger partial charge in [-0.1, -0.05) is 27.7 Å². The summed E-state index contributed by atoms with van der Waals surface area (Å²) in [4.78, 5) is 4.56. The van der Waals surface area contributed by atoms with Gasteiger partial charge in [0, 0.05) is 17.5 Å². The Bertz CT molecular complexity index is 312. The molecule has 16 heavy (non-hydrogen) atoms. The molecular formula is C13H24N2S. The van der Waals surface area contributed by atoms with Crippen LogP contribution in [0, 0.1) is 18.3 Å². The van der Waals surface area contributed by atoms with Crippen molar-refractivity contribution in [1.82, 2.24) is 10.3 Å². The highest BCUT2D eigenvalue weighted by Gasteiger charge is 2.25. The Morgan fingerprint density at radius 1 is 1.44 bits per heavy atom. The first kappa shape index (κ1) is 13.7. The minimum Gasteiger partial charge on any atom is -0.317 e. The fourth-order valence-electron chi connectivity index (χ4n) is 1.71. The van der Waals surface area contributed by atoms with E-state index in [4.69, 9.17) is 0 Å². The van der Waals surface area contributed by atoms with Crippen molar-refractivity contribution >= 4 is 11.3 Å². The lowest BCUT2D eigenvalue weighted by molar-refractivity contribution is 0.232. The molecule has 0 aliphatic carbocycles. The summed E-state index contributed by atoms with van der Waals surface area (Å²) in [5.41, 5.74) is 1.48. The quantitative estimate of drug-likeness (QED) is 0.854. The second-order valence-corrected chi connectivity index (χ2v) is 6.40. The molecule has 1 aromatic rings. The van der Waals surface area contributed by atoms with Crippen molar-refractivity contribution in [2.24, 2.45) is 11.3 Å². The summed E-state index contributed by atoms with van der Waals surface area (Å²) in [6.07, 6.45) is 1.09. The predicted molar refractivity (Wildman–Crippen MR) is 72.0 cm³/mol. The van der Waals surface area contributed by atoms with Crippen LogP contribution >= 0.6 is 11.3 Å². The molecule has 1 heterocycles. The molecule has 0 aliphatic rings. The van der Waals surface area contributed by atoms with Crippen LogP contribution < -0.4 is 5.32 Å². The van der Waals surface area contributed by atoms with Gasteiger partial charge in [-0.05, 0) is 31.3 Å². The summed E-state index contributed by atoms with van der Waals surface area (Å²) in [5, 5.41) is 6.87. The molecule has 0 bridgehead atoms. The van der Waals surface area contributed by atoms with Crippen molar-refractivity contribution in [1.29, 1.82) is 0 Å². The summed E-state index contributed by atoms with van der Waals surface area (Å²) in [7, 11) is 0. The lowest BCUT2D eigenvalue weighted by Gasteiger charge is -2.30. The van der Waals surface area contributed by atoms with E-state index >= 15 is 0 Å². The summed E-state index contributed by atoms with van der Waals surface area (Å²) in [6, 6.07) is 0. The topological polar surface area (TPSA) is 24.9 Å². The van der Waals surface area contributed by atoms with Crippen molar-refractivity contribution in [3.8, 4) is 0 Å². The van der Waals surface area contributed by atoms with Crippen molar-refractivity contribution in [3.63, 3.8) is 0 Å². The van der Waals surface area contributed by atoms with E-state index < -0.39 is 0 Å². The maximum Gasteiger partial charge on any atom is 0.0931 e. The highest BCUT2D eigenvalue weighted by Crippen LogP contribution is 2.29. The molecule has 0 saturated heterocycles. The van der Waals surface area contributed by atoms with E-state index in [9.17, 15) is 0 Å². The second-order valence-electron chi connectivity index (χ2n) is 5.46. The van der Waals surface area contributed by atoms with E-state index in [0.717, 1.165) is 25.2 Å². The molecule has 1 N–H and O–H groups in total. The van der Waals surface area contributed by atoms with Gasteiger partial charge >= 0.3 is 0 Å². The molecule has 0 radical (unpaired) electrons. The minimum absolute atomic E-state index is 0.335. The molecule has 3 heteroatoms. The first-order valence-corrected chi connectivity index (χ1v) is 6.93. The van der Waals surface area contributed by atoms with Crippen LogP contribution in [0.3, 0.4) is 0 Å². The fraction of sp³-hybridized carbons (Fsp3) is 0.769. The molecule has 1 unspecified atom stereocenters. The fourth-order valence-corrected chi connectivity index (χ4v) is 2.56. The number of nitrogens with one attached hydrogen (secondary N) is 1. The number of aryl methyl sites for hydroxylation is 1. The zero-order valence-electron chi connectivity index (χ0n) is 11.1. The van der Waals surface area contributed by atoms with Crippen LogP contribution in [-0.4, -0.2) is 18.1 Å². The van der Waals surface area contributed by atoms with Crippen molar-refractivity contribution in [2.75, 3.05) is 13.1 Å². The van der Waals surface area contributed by atoms with Gasteiger partial charge in [-0.3, -0.25) is 0 Å². The average Bonchev–Trinajstić information content (AvgIpc) is 2.57. The van der Waals surface area contributed by atoms with E-state index in [2.05, 4.69) is 50.3 Å². The van der Waals surface area contributed by atoms with Crippen LogP contribution in [0.25, 0.3) is 0 Å². The second kappa shape index (κ2) is 5.78. The number of hydrogen-bond donors (Lipinski definition) is 1. The van der Waals surface area contributed by atoms with Crippen molar-refractivity contribution in [2.45, 2.75) is 41.0 Å². The normalized spacial score (nSPS) is 14.1. The van der Waals surface area contributed by atoms with E-state index in [1.165, 1.54) is 5.01 Å². The summed E-state index contributed by atoms with van der Waals surface area (Å²) < 4.78 is 0. The lowest BCUT2D eigenvalue weighted by atomic mass is 9.79. The molecule has 1 atom stereocenters. The number of thiazole rings is 1. The van der Waals surface area contributed by atoms with E-state index in [1.54, 1.807) is 11.3 Å². The van der Waals surface area contributed by atoms with Gasteiger partial charge in [0.2, 0.25) is 0 Å². The monoisotopic (exact) mass is 240 g/mol. The largest absolute Gasteiger partial charge is 0.317 e. The van der Waals surface area contributed by atoms with Crippen LogP contribution in [0.15, 0.2) is 5.38 Å². The third-order valence-electron chi connectivity index (χ3n) is 2.95. The van der Waals surface area contributed by atoms with Gasteiger partial charge in [0.05, 0.1) is 5.01 Å². The number of rotatable bonds is 5. The SMILES string of the molecule is CCNCC(Cc1nc(C)cs1)C(C)(C)C. The Hall–Kier alpha value is -0.410. The van der Waals surface area contributed by atoms with Crippen LogP contribution in [-0.2, 0) is 6.42 Å². The van der Waals surface area contributed by atoms with Gasteiger partial charge in [0.1, 0.15) is 0 Å². The Morgan fingerprint density at radius 3 is 2.56 bits per heavy atom. The Kier molecular flexibility index (Phi) is 4.93. The molecule has 0 spiro atoms. The average molecular weight is 240 g/mol. The van der Waals surface area contributed by atoms with Crippen molar-refractivity contribution < 1.29 is 0 Å². The maximum atomic E-state index is 4.56. The number of aromatic nitrogens is 1. The molecule has 1 rings (SSSR count). The van der Waals surface area contributed by atoms with E-state index in [1.807, 2.05) is 0 Å². The van der Waals surface area contributed by atoms with Gasteiger partial charge < -0.3 is 5.32 Å². The molecule has 92 valence electrons. The van der Waals surface area contributed by atoms with E-state index in [0.29, 0.717) is 11.3 Å². The standard InChI is InChI=1S/C13H24N2S/c1-6-14-8-11(13(3,4)5)7-12-15-10(2)9-16-12/h9,11,14H,6-8H2,1-5H3. The molecule has 0 amide bonds. The number of nitrogens with zero attached hydrogens (tertiary/aromatic N) is 1. The Labute approximate surface area is 103 Å². The van der Waals surface area contributed by atoms with E-state index in [-0.39, 0.29) is 0 Å². The summed E-state index contributed by atoms with van der Waals surface area (Å²) >= 11 is 1.79. The first-order chi connectivity index (χ1) is 7.43. The zero-order chi connectivity index (χ0) is 12.2. The lowest BCUT2D eigenvalue weighted by Crippen LogP contribution is -2.33. The third kappa shape index (κ3) is 4.22. The molecular weight excluding hydrogens is 216 g/mol. The van der Waals surface area contributed by atoms with Gasteiger partial charge in [0.15, 0.2) is 0 Å². The van der Waals surface area contributed by atoms with Crippen LogP contribution in [0.4, 0.5) is 0 Å². The van der Waals surface area contributed by atoms with Crippen molar-refractivity contribution in [3.05, 3.63) is 16.1 Å². The van der Waals surface area contributed by atoms with Gasteiger partial charge in [0.25, 0.3) is 0 Å². The van der Waals surface area contributed by atoms with Gasteiger partial charge in [-0.25, -0.2) is 4.98 Å². The highest BCUT2D eigenvalue weighted by molar-refractivity contribution is 7.09. The highest BCUT2D eigenvalue weighted by atomic mass is 32.1. The first-order valence-electron chi connectivity index (χ1n) is 6.05. The molecule has 0 aliphatic heterocycles. The molecule has 0 fully saturated rings. The van der Waals surface area contributed by atoms with Gasteiger partial charge in [-0.15, -0.1) is 11.3 Å². The molecule has 1 aromatic heterocycles. The van der Waals surface area contributed by atoms with Gasteiger partial charge in [-0.2, -0.15) is 0 Å². The predicted octanol–water partition coefficient (Wildman–Crippen LogP) is 3.27. The van der Waals surface area contributed by atoms with Crippen LogP contribution in [0.1, 0.15) is 38.4 Å². The molecule has 0 saturated carbocycles. The molecule has 0 aromatic carbocycles. The van der Waals surface area contributed by atoms with Crippen LogP contribution in [0.5, 0.6) is 0 Å². The summed E-state index contributed by atoms with van der Waals surface area (Å²) in [5.74, 6) is 0.651. The summed E-state index contributed by atoms with van der Waals surface area (Å²) in [6.45, 7) is 13.3. The smallest absolute Gasteiger partial charge is 0.0931 e. The zero-order valence-corrected chi connectivity index (χ0v) is 11.9. The molecule has 2 nitrogen and oxygen atoms in total. The van der Waals surface area contributed by atoms with Crippen LogP contribution in [0.2, 0.25) is 0 Å². The minimum atomic E-state index is 0.335. The number of hydrogen-bond acceptors (Lipinski definition) is 3. The maximum absolute atomic E-state index is 4.56.